The molecule has 6 heteroatoms. The van der Waals surface area contributed by atoms with Gasteiger partial charge in [-0.3, -0.25) is 0 Å². The predicted octanol–water partition coefficient (Wildman–Crippen LogP) is 5.33. The van der Waals surface area contributed by atoms with Crippen molar-refractivity contribution in [3.63, 3.8) is 0 Å². The lowest BCUT2D eigenvalue weighted by Crippen LogP contribution is -2.37. The van der Waals surface area contributed by atoms with Crippen LogP contribution in [0, 0.1) is 0 Å². The molecule has 1 aliphatic rings. The molecule has 0 unspecified atom stereocenters. The van der Waals surface area contributed by atoms with Crippen LogP contribution < -0.4 is 9.64 Å². The van der Waals surface area contributed by atoms with Crippen molar-refractivity contribution in [2.45, 2.75) is 12.5 Å². The third-order valence-electron chi connectivity index (χ3n) is 5.46. The lowest BCUT2D eigenvalue weighted by atomic mass is 9.92. The van der Waals surface area contributed by atoms with Crippen LogP contribution in [0.2, 0.25) is 5.02 Å². The van der Waals surface area contributed by atoms with E-state index < -0.39 is 0 Å². The van der Waals surface area contributed by atoms with Gasteiger partial charge in [0.15, 0.2) is 0 Å². The number of nitrogens with zero attached hydrogens (tertiary/aromatic N) is 3. The molecule has 0 aliphatic carbocycles. The molecule has 0 bridgehead atoms. The molecule has 2 aromatic carbocycles. The van der Waals surface area contributed by atoms with Crippen LogP contribution in [0.4, 0.5) is 5.95 Å². The maximum absolute atomic E-state index is 6.29. The highest BCUT2D eigenvalue weighted by atomic mass is 35.5. The fraction of sp³-hybridized carbons (Fsp3) is 0.167. The first-order valence-corrected chi connectivity index (χ1v) is 10.3. The van der Waals surface area contributed by atoms with Gasteiger partial charge in [0.05, 0.1) is 6.04 Å². The van der Waals surface area contributed by atoms with Crippen LogP contribution in [-0.2, 0) is 6.42 Å². The van der Waals surface area contributed by atoms with E-state index in [9.17, 15) is 0 Å². The second kappa shape index (κ2) is 7.84. The zero-order valence-electron chi connectivity index (χ0n) is 16.4. The van der Waals surface area contributed by atoms with Gasteiger partial charge in [-0.2, -0.15) is 0 Å². The third-order valence-corrected chi connectivity index (χ3v) is 5.70. The second-order valence-electron chi connectivity index (χ2n) is 7.27. The van der Waals surface area contributed by atoms with E-state index in [1.165, 1.54) is 10.9 Å². The lowest BCUT2D eigenvalue weighted by Gasteiger charge is -2.36. The second-order valence-corrected chi connectivity index (χ2v) is 7.71. The van der Waals surface area contributed by atoms with Crippen LogP contribution in [0.5, 0.6) is 5.75 Å². The van der Waals surface area contributed by atoms with Crippen molar-refractivity contribution in [1.29, 1.82) is 0 Å². The average Bonchev–Trinajstić information content (AvgIpc) is 3.16. The molecular weight excluding hydrogens is 396 g/mol. The van der Waals surface area contributed by atoms with Gasteiger partial charge in [-0.1, -0.05) is 36.4 Å². The van der Waals surface area contributed by atoms with Crippen molar-refractivity contribution >= 4 is 28.5 Å². The molecule has 1 atom stereocenters. The normalized spacial score (nSPS) is 15.8. The minimum absolute atomic E-state index is 0.0317. The fourth-order valence-corrected chi connectivity index (χ4v) is 4.34. The van der Waals surface area contributed by atoms with Crippen molar-refractivity contribution < 1.29 is 4.74 Å². The maximum Gasteiger partial charge on any atom is 0.226 e. The smallest absolute Gasteiger partial charge is 0.226 e. The van der Waals surface area contributed by atoms with Crippen LogP contribution in [0.25, 0.3) is 10.9 Å². The van der Waals surface area contributed by atoms with E-state index in [1.807, 2.05) is 36.4 Å². The molecule has 0 radical (unpaired) electrons. The van der Waals surface area contributed by atoms with Crippen molar-refractivity contribution in [1.82, 2.24) is 15.0 Å². The van der Waals surface area contributed by atoms with Gasteiger partial charge in [-0.15, -0.1) is 0 Å². The summed E-state index contributed by atoms with van der Waals surface area (Å²) in [5.41, 5.74) is 4.70. The molecule has 30 heavy (non-hydrogen) atoms. The van der Waals surface area contributed by atoms with E-state index in [4.69, 9.17) is 16.3 Å². The number of fused-ring (bicyclic) bond motifs is 3. The number of benzene rings is 2. The average molecular weight is 417 g/mol. The fourth-order valence-electron chi connectivity index (χ4n) is 4.16. The number of aromatic amines is 1. The molecule has 3 heterocycles. The number of anilines is 1. The van der Waals surface area contributed by atoms with Gasteiger partial charge >= 0.3 is 0 Å². The number of nitrogens with one attached hydrogen (secondary N) is 1. The van der Waals surface area contributed by atoms with E-state index in [-0.39, 0.29) is 6.04 Å². The van der Waals surface area contributed by atoms with Crippen molar-refractivity contribution in [3.05, 3.63) is 95.4 Å². The largest absolute Gasteiger partial charge is 0.490 e. The quantitative estimate of drug-likeness (QED) is 0.447. The van der Waals surface area contributed by atoms with E-state index in [0.717, 1.165) is 46.5 Å². The molecule has 0 saturated carbocycles. The van der Waals surface area contributed by atoms with Gasteiger partial charge in [0, 0.05) is 40.6 Å². The Morgan fingerprint density at radius 2 is 1.97 bits per heavy atom. The van der Waals surface area contributed by atoms with E-state index >= 15 is 0 Å². The van der Waals surface area contributed by atoms with Gasteiger partial charge in [0.25, 0.3) is 0 Å². The Morgan fingerprint density at radius 3 is 2.73 bits per heavy atom. The first kappa shape index (κ1) is 18.7. The summed E-state index contributed by atoms with van der Waals surface area (Å²) >= 11 is 6.29. The molecule has 5 nitrogen and oxygen atoms in total. The van der Waals surface area contributed by atoms with Crippen LogP contribution in [0.15, 0.2) is 73.6 Å². The van der Waals surface area contributed by atoms with Crippen LogP contribution in [0.3, 0.4) is 0 Å². The van der Waals surface area contributed by atoms with Gasteiger partial charge in [0.1, 0.15) is 12.4 Å². The molecule has 1 N–H and O–H groups in total. The summed E-state index contributed by atoms with van der Waals surface area (Å²) in [6.07, 6.45) is 6.20. The maximum atomic E-state index is 6.29. The predicted molar refractivity (Wildman–Crippen MR) is 120 cm³/mol. The Kier molecular flexibility index (Phi) is 4.89. The lowest BCUT2D eigenvalue weighted by molar-refractivity contribution is 0.363. The van der Waals surface area contributed by atoms with Gasteiger partial charge in [0.2, 0.25) is 5.95 Å². The Balaban J connectivity index is 1.63. The number of ether oxygens (including phenoxy) is 1. The highest BCUT2D eigenvalue weighted by Crippen LogP contribution is 2.40. The van der Waals surface area contributed by atoms with Crippen LogP contribution in [-0.4, -0.2) is 28.1 Å². The topological polar surface area (TPSA) is 54.0 Å². The number of H-pyrrole nitrogens is 1. The molecule has 5 rings (SSSR count). The number of hydrogen-bond donors (Lipinski definition) is 1. The molecule has 150 valence electrons. The molecular formula is C24H21ClN4O. The number of aromatic nitrogens is 3. The highest BCUT2D eigenvalue weighted by Gasteiger charge is 2.33. The SMILES string of the molecule is C=CCOc1ccc([C@H]2c3[nH]c4ccc(Cl)cc4c3CCN2c2ncccn2)cc1. The molecule has 0 amide bonds. The summed E-state index contributed by atoms with van der Waals surface area (Å²) in [4.78, 5) is 14.9. The van der Waals surface area contributed by atoms with E-state index in [1.54, 1.807) is 18.5 Å². The molecule has 4 aromatic rings. The Hall–Kier alpha value is -3.31. The molecule has 2 aromatic heterocycles. The summed E-state index contributed by atoms with van der Waals surface area (Å²) in [6, 6.07) is 16.0. The van der Waals surface area contributed by atoms with E-state index in [2.05, 4.69) is 38.6 Å². The number of rotatable bonds is 5. The zero-order chi connectivity index (χ0) is 20.5. The van der Waals surface area contributed by atoms with E-state index in [0.29, 0.717) is 6.61 Å². The minimum atomic E-state index is -0.0317. The molecule has 0 spiro atoms. The van der Waals surface area contributed by atoms with Crippen molar-refractivity contribution in [2.75, 3.05) is 18.1 Å². The van der Waals surface area contributed by atoms with Gasteiger partial charge < -0.3 is 14.6 Å². The minimum Gasteiger partial charge on any atom is -0.490 e. The standard InChI is InChI=1S/C24H21ClN4O/c1-2-14-30-18-7-4-16(5-8-18)23-22-19(20-15-17(25)6-9-21(20)28-22)10-13-29(23)24-26-11-3-12-27-24/h2-9,11-12,15,23,28H,1,10,13-14H2/t23-/m0/s1. The molecule has 1 aliphatic heterocycles. The number of halogens is 1. The Bertz CT molecular complexity index is 1190. The van der Waals surface area contributed by atoms with Crippen molar-refractivity contribution in [2.24, 2.45) is 0 Å². The van der Waals surface area contributed by atoms with Crippen LogP contribution >= 0.6 is 11.6 Å². The van der Waals surface area contributed by atoms with Crippen LogP contribution in [0.1, 0.15) is 22.9 Å². The molecule has 0 saturated heterocycles. The summed E-state index contributed by atoms with van der Waals surface area (Å²) in [5, 5.41) is 1.93. The van der Waals surface area contributed by atoms with Gasteiger partial charge in [-0.25, -0.2) is 9.97 Å². The monoisotopic (exact) mass is 416 g/mol. The van der Waals surface area contributed by atoms with Gasteiger partial charge in [-0.05, 0) is 53.9 Å². The first-order valence-electron chi connectivity index (χ1n) is 9.92. The summed E-state index contributed by atoms with van der Waals surface area (Å²) < 4.78 is 5.66. The molecule has 0 fully saturated rings. The number of hydrogen-bond acceptors (Lipinski definition) is 4. The summed E-state index contributed by atoms with van der Waals surface area (Å²) in [6.45, 7) is 5.00. The van der Waals surface area contributed by atoms with Crippen molar-refractivity contribution in [3.8, 4) is 5.75 Å². The Labute approximate surface area is 180 Å². The summed E-state index contributed by atoms with van der Waals surface area (Å²) in [7, 11) is 0. The third kappa shape index (κ3) is 3.31. The summed E-state index contributed by atoms with van der Waals surface area (Å²) in [5.74, 6) is 1.54. The first-order chi connectivity index (χ1) is 14.7. The highest BCUT2D eigenvalue weighted by molar-refractivity contribution is 6.31. The Morgan fingerprint density at radius 1 is 1.17 bits per heavy atom. The zero-order valence-corrected chi connectivity index (χ0v) is 17.1.